The van der Waals surface area contributed by atoms with Gasteiger partial charge in [-0.2, -0.15) is 0 Å². The fraction of sp³-hybridized carbons (Fsp3) is 0.308. The Labute approximate surface area is 112 Å². The van der Waals surface area contributed by atoms with Gasteiger partial charge in [-0.3, -0.25) is 0 Å². The average Bonchev–Trinajstić information content (AvgIpc) is 2.26. The van der Waals surface area contributed by atoms with Gasteiger partial charge in [-0.1, -0.05) is 32.0 Å². The molecule has 0 unspecified atom stereocenters. The number of hydrogen-bond acceptors (Lipinski definition) is 4. The van der Waals surface area contributed by atoms with Gasteiger partial charge in [0.2, 0.25) is 0 Å². The van der Waals surface area contributed by atoms with Gasteiger partial charge < -0.3 is 20.8 Å². The molecule has 2 N–H and O–H groups in total. The summed E-state index contributed by atoms with van der Waals surface area (Å²) in [5.74, 6) is -0.805. The summed E-state index contributed by atoms with van der Waals surface area (Å²) >= 11 is 5.74. The third-order valence-electron chi connectivity index (χ3n) is 2.22. The Kier molecular flexibility index (Phi) is 5.04. The zero-order chi connectivity index (χ0) is 13.7. The molecule has 0 spiro atoms. The number of carboxylic acids is 1. The van der Waals surface area contributed by atoms with E-state index in [0.717, 1.165) is 12.1 Å². The van der Waals surface area contributed by atoms with E-state index in [1.165, 1.54) is 12.1 Å². The fourth-order valence-electron chi connectivity index (χ4n) is 1.46. The van der Waals surface area contributed by atoms with Gasteiger partial charge in [-0.05, 0) is 30.5 Å². The van der Waals surface area contributed by atoms with Crippen LogP contribution in [0.4, 0.5) is 5.69 Å². The van der Waals surface area contributed by atoms with Crippen LogP contribution in [-0.2, 0) is 0 Å². The summed E-state index contributed by atoms with van der Waals surface area (Å²) in [4.78, 5) is 10.8. The van der Waals surface area contributed by atoms with E-state index in [1.807, 2.05) is 0 Å². The number of benzene rings is 1. The Hall–Kier alpha value is -1.68. The summed E-state index contributed by atoms with van der Waals surface area (Å²) in [7, 11) is 0. The molecule has 0 saturated heterocycles. The molecule has 5 heteroatoms. The molecule has 4 nitrogen and oxygen atoms in total. The highest BCUT2D eigenvalue weighted by atomic mass is 35.5. The summed E-state index contributed by atoms with van der Waals surface area (Å²) in [5.41, 5.74) is 7.16. The molecule has 0 aliphatic heterocycles. The molecule has 0 aliphatic carbocycles. The summed E-state index contributed by atoms with van der Waals surface area (Å²) in [6, 6.07) is 4.58. The zero-order valence-corrected chi connectivity index (χ0v) is 11.2. The number of carboxylic acid groups (broad SMARTS) is 1. The highest BCUT2D eigenvalue weighted by Gasteiger charge is 2.03. The van der Waals surface area contributed by atoms with Gasteiger partial charge in [0.25, 0.3) is 0 Å². The van der Waals surface area contributed by atoms with Crippen LogP contribution in [0.5, 0.6) is 0 Å². The van der Waals surface area contributed by atoms with Crippen LogP contribution in [-0.4, -0.2) is 5.97 Å². The lowest BCUT2D eigenvalue weighted by Gasteiger charge is -2.15. The van der Waals surface area contributed by atoms with Gasteiger partial charge in [0.15, 0.2) is 0 Å². The number of carbonyl (C=O) groups excluding carboxylic acids is 1. The van der Waals surface area contributed by atoms with Crippen LogP contribution in [0.25, 0.3) is 0 Å². The number of hydrogen-bond donors (Lipinski definition) is 2. The van der Waals surface area contributed by atoms with Crippen LogP contribution in [0, 0.1) is 5.92 Å². The molecule has 98 valence electrons. The minimum absolute atomic E-state index is 0.0436. The van der Waals surface area contributed by atoms with Crippen LogP contribution in [0.3, 0.4) is 0 Å². The van der Waals surface area contributed by atoms with Crippen molar-refractivity contribution in [1.82, 2.24) is 5.43 Å². The van der Waals surface area contributed by atoms with Crippen molar-refractivity contribution in [2.45, 2.75) is 20.3 Å². The van der Waals surface area contributed by atoms with E-state index in [4.69, 9.17) is 11.6 Å². The maximum atomic E-state index is 10.8. The third-order valence-corrected chi connectivity index (χ3v) is 2.55. The second-order valence-electron chi connectivity index (χ2n) is 4.43. The van der Waals surface area contributed by atoms with E-state index in [9.17, 15) is 9.90 Å². The monoisotopic (exact) mass is 267 g/mol. The van der Waals surface area contributed by atoms with Crippen LogP contribution in [0.1, 0.15) is 30.6 Å². The molecular formula is C13H16ClN2O2-. The summed E-state index contributed by atoms with van der Waals surface area (Å²) in [5, 5.41) is 11.0. The zero-order valence-electron chi connectivity index (χ0n) is 10.4. The molecule has 0 fully saturated rings. The van der Waals surface area contributed by atoms with Crippen molar-refractivity contribution in [3.8, 4) is 0 Å². The van der Waals surface area contributed by atoms with Crippen molar-refractivity contribution in [2.24, 2.45) is 5.92 Å². The predicted molar refractivity (Wildman–Crippen MR) is 71.1 cm³/mol. The lowest BCUT2D eigenvalue weighted by atomic mass is 10.1. The molecule has 0 atom stereocenters. The highest BCUT2D eigenvalue weighted by Crippen LogP contribution is 2.19. The fourth-order valence-corrected chi connectivity index (χ4v) is 1.66. The smallest absolute Gasteiger partial charge is 0.0731 e. The molecule has 0 aliphatic rings. The number of nitrogens with one attached hydrogen (secondary N) is 2. The first kappa shape index (κ1) is 14.4. The van der Waals surface area contributed by atoms with E-state index < -0.39 is 5.97 Å². The average molecular weight is 268 g/mol. The summed E-state index contributed by atoms with van der Waals surface area (Å²) in [6.07, 6.45) is 0.827. The molecular weight excluding hydrogens is 252 g/mol. The summed E-state index contributed by atoms with van der Waals surface area (Å²) < 4.78 is 0. The molecule has 0 bridgehead atoms. The SMILES string of the molecule is C=C(CC(C)C)NNc1ccc(Cl)c(C(=O)[O-])c1. The largest absolute Gasteiger partial charge is 0.545 e. The van der Waals surface area contributed by atoms with E-state index in [1.54, 1.807) is 6.07 Å². The number of aromatic carboxylic acids is 1. The molecule has 1 aromatic carbocycles. The van der Waals surface area contributed by atoms with Gasteiger partial charge in [0.05, 0.1) is 11.7 Å². The normalized spacial score (nSPS) is 10.2. The van der Waals surface area contributed by atoms with Crippen molar-refractivity contribution in [3.63, 3.8) is 0 Å². The number of anilines is 1. The number of carbonyl (C=O) groups is 1. The van der Waals surface area contributed by atoms with Crippen LogP contribution in [0.15, 0.2) is 30.5 Å². The second-order valence-corrected chi connectivity index (χ2v) is 4.84. The van der Waals surface area contributed by atoms with Crippen molar-refractivity contribution < 1.29 is 9.90 Å². The minimum atomic E-state index is -1.30. The Balaban J connectivity index is 2.66. The van der Waals surface area contributed by atoms with E-state index in [2.05, 4.69) is 31.3 Å². The second kappa shape index (κ2) is 6.31. The molecule has 0 heterocycles. The quantitative estimate of drug-likeness (QED) is 0.776. The highest BCUT2D eigenvalue weighted by molar-refractivity contribution is 6.33. The first-order chi connectivity index (χ1) is 8.40. The Morgan fingerprint density at radius 2 is 2.17 bits per heavy atom. The van der Waals surface area contributed by atoms with Gasteiger partial charge >= 0.3 is 0 Å². The van der Waals surface area contributed by atoms with Gasteiger partial charge in [-0.25, -0.2) is 0 Å². The third kappa shape index (κ3) is 4.30. The molecule has 18 heavy (non-hydrogen) atoms. The van der Waals surface area contributed by atoms with Gasteiger partial charge in [0.1, 0.15) is 0 Å². The molecule has 0 amide bonds. The Morgan fingerprint density at radius 3 is 2.72 bits per heavy atom. The van der Waals surface area contributed by atoms with Crippen molar-refractivity contribution in [1.29, 1.82) is 0 Å². The topological polar surface area (TPSA) is 64.2 Å². The minimum Gasteiger partial charge on any atom is -0.545 e. The lowest BCUT2D eigenvalue weighted by molar-refractivity contribution is -0.255. The number of rotatable bonds is 6. The Bertz CT molecular complexity index is 458. The maximum Gasteiger partial charge on any atom is 0.0731 e. The number of halogens is 1. The van der Waals surface area contributed by atoms with Crippen LogP contribution in [0.2, 0.25) is 5.02 Å². The standard InChI is InChI=1S/C13H17ClN2O2/c1-8(2)6-9(3)15-16-10-4-5-12(14)11(7-10)13(17)18/h4-5,7-8,15-16H,3,6H2,1-2H3,(H,17,18)/p-1. The number of hydrazine groups is 1. The van der Waals surface area contributed by atoms with Crippen molar-refractivity contribution in [2.75, 3.05) is 5.43 Å². The molecule has 0 aromatic heterocycles. The van der Waals surface area contributed by atoms with Gasteiger partial charge in [-0.15, -0.1) is 0 Å². The van der Waals surface area contributed by atoms with E-state index in [0.29, 0.717) is 11.6 Å². The molecule has 0 saturated carbocycles. The first-order valence-electron chi connectivity index (χ1n) is 5.61. The lowest BCUT2D eigenvalue weighted by Crippen LogP contribution is -2.24. The Morgan fingerprint density at radius 1 is 1.50 bits per heavy atom. The van der Waals surface area contributed by atoms with E-state index in [-0.39, 0.29) is 10.6 Å². The molecule has 0 radical (unpaired) electrons. The summed E-state index contributed by atoms with van der Waals surface area (Å²) in [6.45, 7) is 8.03. The van der Waals surface area contributed by atoms with Gasteiger partial charge in [0, 0.05) is 16.3 Å². The van der Waals surface area contributed by atoms with Crippen LogP contribution < -0.4 is 16.0 Å². The maximum absolute atomic E-state index is 10.8. The van der Waals surface area contributed by atoms with Crippen LogP contribution >= 0.6 is 11.6 Å². The molecule has 1 rings (SSSR count). The van der Waals surface area contributed by atoms with Crippen molar-refractivity contribution in [3.05, 3.63) is 41.1 Å². The number of allylic oxidation sites excluding steroid dienone is 1. The molecule has 1 aromatic rings. The predicted octanol–water partition coefficient (Wildman–Crippen LogP) is 2.18. The van der Waals surface area contributed by atoms with Crippen molar-refractivity contribution >= 4 is 23.3 Å². The first-order valence-corrected chi connectivity index (χ1v) is 5.98. The van der Waals surface area contributed by atoms with E-state index >= 15 is 0 Å².